The van der Waals surface area contributed by atoms with Gasteiger partial charge in [0.2, 0.25) is 6.10 Å². The summed E-state index contributed by atoms with van der Waals surface area (Å²) in [6, 6.07) is 4.02. The van der Waals surface area contributed by atoms with Crippen LogP contribution in [0.2, 0.25) is 0 Å². The summed E-state index contributed by atoms with van der Waals surface area (Å²) in [6.45, 7) is 0. The van der Waals surface area contributed by atoms with Crippen LogP contribution >= 0.6 is 0 Å². The SMILES string of the molecule is O=C(OC(CS(=O)(=O)O)C(F)(F)F)c1cc2ccc1o2. The minimum absolute atomic E-state index is 0.0257. The van der Waals surface area contributed by atoms with Gasteiger partial charge in [-0.1, -0.05) is 0 Å². The molecule has 0 aliphatic rings. The van der Waals surface area contributed by atoms with Crippen LogP contribution in [0.15, 0.2) is 22.6 Å². The van der Waals surface area contributed by atoms with Gasteiger partial charge in [0.25, 0.3) is 10.1 Å². The molecule has 0 aliphatic heterocycles. The van der Waals surface area contributed by atoms with Crippen LogP contribution in [0.1, 0.15) is 10.4 Å². The molecule has 1 N–H and O–H groups in total. The van der Waals surface area contributed by atoms with Crippen molar-refractivity contribution in [3.05, 3.63) is 23.8 Å². The quantitative estimate of drug-likeness (QED) is 0.684. The number of esters is 1. The summed E-state index contributed by atoms with van der Waals surface area (Å²) in [5, 5.41) is 0. The molecule has 1 unspecified atom stereocenters. The minimum atomic E-state index is -5.13. The lowest BCUT2D eigenvalue weighted by Crippen LogP contribution is -2.39. The molecule has 2 aromatic rings. The number of carbonyl (C=O) groups is 1. The van der Waals surface area contributed by atoms with Crippen molar-refractivity contribution in [1.82, 2.24) is 0 Å². The number of hydrogen-bond donors (Lipinski definition) is 1. The fourth-order valence-electron chi connectivity index (χ4n) is 1.53. The van der Waals surface area contributed by atoms with Crippen LogP contribution in [-0.4, -0.2) is 37.0 Å². The fraction of sp³-hybridized carbons (Fsp3) is 0.300. The van der Waals surface area contributed by atoms with E-state index in [1.807, 2.05) is 0 Å². The van der Waals surface area contributed by atoms with E-state index in [1.54, 1.807) is 0 Å². The molecule has 20 heavy (non-hydrogen) atoms. The van der Waals surface area contributed by atoms with E-state index < -0.39 is 34.1 Å². The van der Waals surface area contributed by atoms with E-state index in [1.165, 1.54) is 18.2 Å². The van der Waals surface area contributed by atoms with Crippen molar-refractivity contribution >= 4 is 27.3 Å². The molecule has 0 saturated carbocycles. The maximum atomic E-state index is 12.6. The Morgan fingerprint density at radius 1 is 1.40 bits per heavy atom. The topological polar surface area (TPSA) is 93.8 Å². The number of carbonyl (C=O) groups excluding carboxylic acids is 1. The smallest absolute Gasteiger partial charge is 0.426 e. The lowest BCUT2D eigenvalue weighted by Gasteiger charge is -2.19. The second kappa shape index (κ2) is 4.63. The molecular weight excluding hydrogens is 305 g/mol. The number of ether oxygens (including phenoxy) is 1. The van der Waals surface area contributed by atoms with Crippen LogP contribution in [0, 0.1) is 0 Å². The molecule has 110 valence electrons. The molecule has 0 spiro atoms. The molecule has 2 heterocycles. The summed E-state index contributed by atoms with van der Waals surface area (Å²) in [7, 11) is -4.96. The van der Waals surface area contributed by atoms with E-state index in [0.717, 1.165) is 0 Å². The number of fused-ring (bicyclic) bond motifs is 2. The van der Waals surface area contributed by atoms with Crippen molar-refractivity contribution in [2.75, 3.05) is 5.75 Å². The summed E-state index contributed by atoms with van der Waals surface area (Å²) in [4.78, 5) is 11.6. The first-order valence-corrected chi connectivity index (χ1v) is 6.72. The number of rotatable bonds is 4. The first-order valence-electron chi connectivity index (χ1n) is 5.11. The Morgan fingerprint density at radius 2 is 2.05 bits per heavy atom. The number of halogens is 3. The molecule has 2 rings (SSSR count). The average Bonchev–Trinajstić information content (AvgIpc) is 2.86. The van der Waals surface area contributed by atoms with Crippen LogP contribution in [0.25, 0.3) is 11.2 Å². The number of benzene rings is 1. The molecule has 0 aliphatic carbocycles. The molecule has 2 bridgehead atoms. The zero-order valence-electron chi connectivity index (χ0n) is 9.55. The van der Waals surface area contributed by atoms with Gasteiger partial charge in [-0.25, -0.2) is 4.79 Å². The third kappa shape index (κ3) is 3.20. The largest absolute Gasteiger partial charge is 0.456 e. The maximum Gasteiger partial charge on any atom is 0.426 e. The Balaban J connectivity index is 2.19. The van der Waals surface area contributed by atoms with Crippen LogP contribution in [0.5, 0.6) is 0 Å². The molecule has 10 heteroatoms. The summed E-state index contributed by atoms with van der Waals surface area (Å²) in [5.74, 6) is -3.15. The lowest BCUT2D eigenvalue weighted by atomic mass is 10.2. The van der Waals surface area contributed by atoms with Gasteiger partial charge in [-0.3, -0.25) is 4.55 Å². The second-order valence-electron chi connectivity index (χ2n) is 3.94. The Labute approximate surface area is 110 Å². The third-order valence-corrected chi connectivity index (χ3v) is 3.10. The van der Waals surface area contributed by atoms with Crippen LogP contribution in [-0.2, 0) is 14.9 Å². The van der Waals surface area contributed by atoms with Gasteiger partial charge < -0.3 is 9.15 Å². The monoisotopic (exact) mass is 312 g/mol. The maximum absolute atomic E-state index is 12.6. The van der Waals surface area contributed by atoms with Crippen LogP contribution < -0.4 is 0 Å². The van der Waals surface area contributed by atoms with E-state index >= 15 is 0 Å². The predicted molar refractivity (Wildman–Crippen MR) is 59.1 cm³/mol. The third-order valence-electron chi connectivity index (χ3n) is 2.38. The van der Waals surface area contributed by atoms with E-state index in [2.05, 4.69) is 4.74 Å². The molecule has 6 nitrogen and oxygen atoms in total. The van der Waals surface area contributed by atoms with E-state index in [9.17, 15) is 26.4 Å². The van der Waals surface area contributed by atoms with Crippen molar-refractivity contribution in [3.63, 3.8) is 0 Å². The minimum Gasteiger partial charge on any atom is -0.456 e. The van der Waals surface area contributed by atoms with Gasteiger partial charge in [0, 0.05) is 0 Å². The van der Waals surface area contributed by atoms with Crippen molar-refractivity contribution < 1.29 is 40.1 Å². The van der Waals surface area contributed by atoms with Gasteiger partial charge in [-0.15, -0.1) is 0 Å². The average molecular weight is 312 g/mol. The first-order chi connectivity index (χ1) is 9.06. The van der Waals surface area contributed by atoms with Gasteiger partial charge in [0.1, 0.15) is 22.5 Å². The summed E-state index contributed by atoms with van der Waals surface area (Å²) >= 11 is 0. The molecule has 1 atom stereocenters. The zero-order valence-corrected chi connectivity index (χ0v) is 10.4. The van der Waals surface area contributed by atoms with Gasteiger partial charge in [0.05, 0.1) is 0 Å². The van der Waals surface area contributed by atoms with Crippen molar-refractivity contribution in [3.8, 4) is 0 Å². The highest BCUT2D eigenvalue weighted by Crippen LogP contribution is 2.27. The molecule has 0 saturated heterocycles. The van der Waals surface area contributed by atoms with E-state index in [0.29, 0.717) is 0 Å². The number of alkyl halides is 3. The normalized spacial score (nSPS) is 14.6. The van der Waals surface area contributed by atoms with Gasteiger partial charge in [0.15, 0.2) is 0 Å². The summed E-state index contributed by atoms with van der Waals surface area (Å²) < 4.78 is 76.2. The number of furan rings is 2. The Bertz CT molecular complexity index is 716. The highest BCUT2D eigenvalue weighted by atomic mass is 32.2. The van der Waals surface area contributed by atoms with Gasteiger partial charge >= 0.3 is 12.1 Å². The summed E-state index contributed by atoms with van der Waals surface area (Å²) in [5.41, 5.74) is 0.0511. The fourth-order valence-corrected chi connectivity index (χ4v) is 2.17. The highest BCUT2D eigenvalue weighted by molar-refractivity contribution is 7.85. The first kappa shape index (κ1) is 14.6. The Morgan fingerprint density at radius 3 is 2.45 bits per heavy atom. The highest BCUT2D eigenvalue weighted by Gasteiger charge is 2.45. The van der Waals surface area contributed by atoms with Crippen LogP contribution in [0.3, 0.4) is 0 Å². The lowest BCUT2D eigenvalue weighted by molar-refractivity contribution is -0.197. The standard InChI is InChI=1S/C10H7F3O6S/c11-10(12,13)8(4-20(15,16)17)19-9(14)6-3-5-1-2-7(6)18-5/h1-3,8H,4H2,(H,15,16,17). The predicted octanol–water partition coefficient (Wildman–Crippen LogP) is 1.85. The molecule has 0 amide bonds. The van der Waals surface area contributed by atoms with E-state index in [-0.39, 0.29) is 16.7 Å². The second-order valence-corrected chi connectivity index (χ2v) is 5.44. The molecular formula is C10H7F3O6S. The Hall–Kier alpha value is -1.81. The van der Waals surface area contributed by atoms with Gasteiger partial charge in [-0.05, 0) is 18.2 Å². The Kier molecular flexibility index (Phi) is 3.38. The molecule has 0 radical (unpaired) electrons. The van der Waals surface area contributed by atoms with Crippen molar-refractivity contribution in [2.45, 2.75) is 12.3 Å². The molecule has 2 aromatic heterocycles. The number of hydrogen-bond acceptors (Lipinski definition) is 5. The van der Waals surface area contributed by atoms with Crippen molar-refractivity contribution in [2.24, 2.45) is 0 Å². The zero-order chi connectivity index (χ0) is 15.1. The molecule has 0 fully saturated rings. The molecule has 0 aromatic carbocycles. The van der Waals surface area contributed by atoms with Gasteiger partial charge in [-0.2, -0.15) is 21.6 Å². The van der Waals surface area contributed by atoms with Crippen molar-refractivity contribution in [1.29, 1.82) is 0 Å². The van der Waals surface area contributed by atoms with Crippen LogP contribution in [0.4, 0.5) is 13.2 Å². The summed E-state index contributed by atoms with van der Waals surface area (Å²) in [6.07, 6.45) is -8.09. The van der Waals surface area contributed by atoms with E-state index in [4.69, 9.17) is 8.97 Å².